The van der Waals surface area contributed by atoms with Crippen molar-refractivity contribution in [1.29, 1.82) is 0 Å². The molecule has 2 nitrogen and oxygen atoms in total. The van der Waals surface area contributed by atoms with Crippen molar-refractivity contribution in [1.82, 2.24) is 0 Å². The van der Waals surface area contributed by atoms with Crippen molar-refractivity contribution in [3.05, 3.63) is 120 Å². The van der Waals surface area contributed by atoms with Crippen molar-refractivity contribution in [2.24, 2.45) is 0 Å². The average Bonchev–Trinajstić information content (AvgIpc) is 2.84. The van der Waals surface area contributed by atoms with E-state index in [1.165, 1.54) is 33.6 Å². The highest BCUT2D eigenvalue weighted by molar-refractivity contribution is 5.64. The van der Waals surface area contributed by atoms with Gasteiger partial charge in [-0.2, -0.15) is 0 Å². The van der Waals surface area contributed by atoms with Crippen LogP contribution in [0.2, 0.25) is 0 Å². The van der Waals surface area contributed by atoms with Crippen molar-refractivity contribution >= 4 is 11.4 Å². The second-order valence-corrected chi connectivity index (χ2v) is 7.94. The number of rotatable bonds is 8. The van der Waals surface area contributed by atoms with Crippen LogP contribution in [0.4, 0.5) is 11.4 Å². The topological polar surface area (TPSA) is 6.48 Å². The van der Waals surface area contributed by atoms with Gasteiger partial charge >= 0.3 is 0 Å². The standard InChI is InChI=1S/C29H30N2/c1-3-31(29-12-8-5-9-13-29)23-25-16-20-27(21-17-25)26-18-14-24(15-19-26)22-30(2)28-10-6-4-7-11-28/h4-21H,3,22-23H2,1-2H3. The Bertz CT molecular complexity index is 1060. The zero-order valence-electron chi connectivity index (χ0n) is 18.4. The molecule has 0 radical (unpaired) electrons. The van der Waals surface area contributed by atoms with E-state index in [4.69, 9.17) is 0 Å². The maximum Gasteiger partial charge on any atom is 0.0429 e. The van der Waals surface area contributed by atoms with Crippen LogP contribution < -0.4 is 9.80 Å². The molecular formula is C29H30N2. The molecule has 0 aliphatic carbocycles. The molecule has 0 aliphatic heterocycles. The molecule has 0 atom stereocenters. The average molecular weight is 407 g/mol. The summed E-state index contributed by atoms with van der Waals surface area (Å²) in [5, 5.41) is 0. The van der Waals surface area contributed by atoms with Gasteiger partial charge in [-0.05, 0) is 53.4 Å². The van der Waals surface area contributed by atoms with E-state index in [1.807, 2.05) is 0 Å². The number of nitrogens with zero attached hydrogens (tertiary/aromatic N) is 2. The first-order valence-electron chi connectivity index (χ1n) is 11.0. The van der Waals surface area contributed by atoms with Crippen LogP contribution >= 0.6 is 0 Å². The Morgan fingerprint density at radius 3 is 1.45 bits per heavy atom. The van der Waals surface area contributed by atoms with E-state index in [0.717, 1.165) is 19.6 Å². The lowest BCUT2D eigenvalue weighted by Crippen LogP contribution is -2.21. The Labute approximate surface area is 186 Å². The van der Waals surface area contributed by atoms with Gasteiger partial charge in [0.25, 0.3) is 0 Å². The number of para-hydroxylation sites is 2. The number of hydrogen-bond donors (Lipinski definition) is 0. The molecule has 4 aromatic carbocycles. The molecule has 0 fully saturated rings. The molecule has 0 aromatic heterocycles. The SMILES string of the molecule is CCN(Cc1ccc(-c2ccc(CN(C)c3ccccc3)cc2)cc1)c1ccccc1. The molecule has 0 saturated heterocycles. The van der Waals surface area contributed by atoms with Crippen LogP contribution in [0.25, 0.3) is 11.1 Å². The van der Waals surface area contributed by atoms with E-state index < -0.39 is 0 Å². The first-order chi connectivity index (χ1) is 15.2. The lowest BCUT2D eigenvalue weighted by Gasteiger charge is -2.23. The molecule has 0 N–H and O–H groups in total. The molecule has 4 rings (SSSR count). The van der Waals surface area contributed by atoms with Crippen molar-refractivity contribution < 1.29 is 0 Å². The predicted octanol–water partition coefficient (Wildman–Crippen LogP) is 7.02. The van der Waals surface area contributed by atoms with Gasteiger partial charge in [-0.1, -0.05) is 84.9 Å². The minimum absolute atomic E-state index is 0.898. The van der Waals surface area contributed by atoms with E-state index in [-0.39, 0.29) is 0 Å². The lowest BCUT2D eigenvalue weighted by molar-refractivity contribution is 0.832. The zero-order valence-corrected chi connectivity index (χ0v) is 18.4. The van der Waals surface area contributed by atoms with E-state index in [2.05, 4.69) is 133 Å². The largest absolute Gasteiger partial charge is 0.370 e. The van der Waals surface area contributed by atoms with Crippen LogP contribution in [0.1, 0.15) is 18.1 Å². The van der Waals surface area contributed by atoms with Gasteiger partial charge in [0.15, 0.2) is 0 Å². The highest BCUT2D eigenvalue weighted by Gasteiger charge is 2.06. The van der Waals surface area contributed by atoms with E-state index in [9.17, 15) is 0 Å². The minimum atomic E-state index is 0.898. The monoisotopic (exact) mass is 406 g/mol. The quantitative estimate of drug-likeness (QED) is 0.310. The molecular weight excluding hydrogens is 376 g/mol. The summed E-state index contributed by atoms with van der Waals surface area (Å²) in [6, 6.07) is 39.0. The van der Waals surface area contributed by atoms with Crippen LogP contribution in [-0.2, 0) is 13.1 Å². The van der Waals surface area contributed by atoms with E-state index in [0.29, 0.717) is 0 Å². The summed E-state index contributed by atoms with van der Waals surface area (Å²) in [6.07, 6.45) is 0. The second-order valence-electron chi connectivity index (χ2n) is 7.94. The maximum absolute atomic E-state index is 2.40. The third-order valence-electron chi connectivity index (χ3n) is 5.73. The Kier molecular flexibility index (Phi) is 6.68. The maximum atomic E-state index is 2.40. The third kappa shape index (κ3) is 5.35. The lowest BCUT2D eigenvalue weighted by atomic mass is 10.0. The first-order valence-corrected chi connectivity index (χ1v) is 11.0. The minimum Gasteiger partial charge on any atom is -0.370 e. The number of benzene rings is 4. The molecule has 4 aromatic rings. The molecule has 156 valence electrons. The molecule has 2 heteroatoms. The summed E-state index contributed by atoms with van der Waals surface area (Å²) >= 11 is 0. The van der Waals surface area contributed by atoms with Crippen LogP contribution in [0.5, 0.6) is 0 Å². The van der Waals surface area contributed by atoms with Gasteiger partial charge in [0.2, 0.25) is 0 Å². The molecule has 0 amide bonds. The molecule has 0 saturated carbocycles. The number of anilines is 2. The van der Waals surface area contributed by atoms with Gasteiger partial charge in [-0.15, -0.1) is 0 Å². The van der Waals surface area contributed by atoms with Gasteiger partial charge in [-0.25, -0.2) is 0 Å². The van der Waals surface area contributed by atoms with Crippen molar-refractivity contribution in [3.63, 3.8) is 0 Å². The Morgan fingerprint density at radius 1 is 0.516 bits per heavy atom. The summed E-state index contributed by atoms with van der Waals surface area (Å²) in [5.74, 6) is 0. The van der Waals surface area contributed by atoms with Crippen molar-refractivity contribution in [3.8, 4) is 11.1 Å². The molecule has 0 spiro atoms. The van der Waals surface area contributed by atoms with Crippen LogP contribution in [0, 0.1) is 0 Å². The number of hydrogen-bond acceptors (Lipinski definition) is 2. The molecule has 0 aliphatic rings. The van der Waals surface area contributed by atoms with Crippen LogP contribution in [0.15, 0.2) is 109 Å². The highest BCUT2D eigenvalue weighted by atomic mass is 15.1. The van der Waals surface area contributed by atoms with Gasteiger partial charge in [0.1, 0.15) is 0 Å². The predicted molar refractivity (Wildman–Crippen MR) is 134 cm³/mol. The van der Waals surface area contributed by atoms with Crippen LogP contribution in [0.3, 0.4) is 0 Å². The van der Waals surface area contributed by atoms with Crippen molar-refractivity contribution in [2.75, 3.05) is 23.4 Å². The third-order valence-corrected chi connectivity index (χ3v) is 5.73. The fourth-order valence-electron chi connectivity index (χ4n) is 3.90. The summed E-state index contributed by atoms with van der Waals surface area (Å²) < 4.78 is 0. The molecule has 31 heavy (non-hydrogen) atoms. The van der Waals surface area contributed by atoms with Gasteiger partial charge in [0, 0.05) is 38.1 Å². The first kappa shape index (κ1) is 20.7. The normalized spacial score (nSPS) is 10.6. The summed E-state index contributed by atoms with van der Waals surface area (Å²) in [7, 11) is 2.14. The smallest absolute Gasteiger partial charge is 0.0429 e. The molecule has 0 unspecified atom stereocenters. The molecule has 0 bridgehead atoms. The fourth-order valence-corrected chi connectivity index (χ4v) is 3.90. The van der Waals surface area contributed by atoms with Gasteiger partial charge in [0.05, 0.1) is 0 Å². The van der Waals surface area contributed by atoms with E-state index in [1.54, 1.807) is 0 Å². The second kappa shape index (κ2) is 9.99. The molecule has 0 heterocycles. The summed E-state index contributed by atoms with van der Waals surface area (Å²) in [6.45, 7) is 5.02. The highest BCUT2D eigenvalue weighted by Crippen LogP contribution is 2.23. The summed E-state index contributed by atoms with van der Waals surface area (Å²) in [4.78, 5) is 4.67. The Balaban J connectivity index is 1.41. The van der Waals surface area contributed by atoms with E-state index >= 15 is 0 Å². The Morgan fingerprint density at radius 2 is 0.968 bits per heavy atom. The Hall–Kier alpha value is -3.52. The van der Waals surface area contributed by atoms with Crippen molar-refractivity contribution in [2.45, 2.75) is 20.0 Å². The van der Waals surface area contributed by atoms with Crippen LogP contribution in [-0.4, -0.2) is 13.6 Å². The van der Waals surface area contributed by atoms with Gasteiger partial charge in [-0.3, -0.25) is 0 Å². The summed E-state index contributed by atoms with van der Waals surface area (Å²) in [5.41, 5.74) is 7.66. The zero-order chi connectivity index (χ0) is 21.5. The van der Waals surface area contributed by atoms with Gasteiger partial charge < -0.3 is 9.80 Å². The fraction of sp³-hybridized carbons (Fsp3) is 0.172.